The van der Waals surface area contributed by atoms with Gasteiger partial charge in [0.05, 0.1) is 26.3 Å². The molecule has 4 rings (SSSR count). The van der Waals surface area contributed by atoms with Crippen LogP contribution in [0, 0.1) is 0 Å². The molecular weight excluding hydrogens is 361 g/mol. The molecule has 0 amide bonds. The monoisotopic (exact) mass is 373 g/mol. The lowest BCUT2D eigenvalue weighted by Crippen LogP contribution is -2.01. The van der Waals surface area contributed by atoms with Crippen molar-refractivity contribution in [3.63, 3.8) is 0 Å². The second-order valence-corrected chi connectivity index (χ2v) is 7.18. The highest BCUT2D eigenvalue weighted by molar-refractivity contribution is 7.20. The van der Waals surface area contributed by atoms with Gasteiger partial charge in [-0.15, -0.1) is 0 Å². The van der Waals surface area contributed by atoms with Crippen LogP contribution in [-0.2, 0) is 6.54 Å². The lowest BCUT2D eigenvalue weighted by Gasteiger charge is -2.03. The van der Waals surface area contributed by atoms with Crippen molar-refractivity contribution in [2.24, 2.45) is 5.73 Å². The maximum atomic E-state index is 6.14. The topological polar surface area (TPSA) is 43.3 Å². The van der Waals surface area contributed by atoms with E-state index in [4.69, 9.17) is 33.9 Å². The fourth-order valence-electron chi connectivity index (χ4n) is 2.70. The summed E-state index contributed by atoms with van der Waals surface area (Å²) >= 11 is 13.8. The summed E-state index contributed by atoms with van der Waals surface area (Å²) in [6, 6.07) is 15.8. The van der Waals surface area contributed by atoms with Crippen molar-refractivity contribution in [1.82, 2.24) is 9.38 Å². The van der Waals surface area contributed by atoms with Gasteiger partial charge in [0.2, 0.25) is 0 Å². The zero-order valence-electron chi connectivity index (χ0n) is 12.5. The largest absolute Gasteiger partial charge is 0.325 e. The van der Waals surface area contributed by atoms with Gasteiger partial charge in [0.1, 0.15) is 0 Å². The first-order chi connectivity index (χ1) is 11.7. The molecule has 0 unspecified atom stereocenters. The highest BCUT2D eigenvalue weighted by Crippen LogP contribution is 2.34. The molecule has 0 aliphatic heterocycles. The molecule has 0 aliphatic rings. The lowest BCUT2D eigenvalue weighted by atomic mass is 10.1. The first-order valence-corrected chi connectivity index (χ1v) is 8.96. The molecule has 0 aliphatic carbocycles. The molecule has 24 heavy (non-hydrogen) atoms. The van der Waals surface area contributed by atoms with Crippen molar-refractivity contribution >= 4 is 39.5 Å². The summed E-state index contributed by atoms with van der Waals surface area (Å²) < 4.78 is 2.06. The lowest BCUT2D eigenvalue weighted by molar-refractivity contribution is 0.970. The van der Waals surface area contributed by atoms with Crippen LogP contribution in [0.3, 0.4) is 0 Å². The van der Waals surface area contributed by atoms with Gasteiger partial charge >= 0.3 is 0 Å². The Hall–Kier alpha value is -1.85. The predicted octanol–water partition coefficient (Wildman–Crippen LogP) is 5.50. The average molecular weight is 374 g/mol. The normalized spacial score (nSPS) is 11.3. The molecular formula is C18H13Cl2N3S. The van der Waals surface area contributed by atoms with Gasteiger partial charge < -0.3 is 5.73 Å². The second kappa shape index (κ2) is 6.22. The van der Waals surface area contributed by atoms with E-state index < -0.39 is 0 Å². The summed E-state index contributed by atoms with van der Waals surface area (Å²) in [5.41, 5.74) is 9.90. The first-order valence-electron chi connectivity index (χ1n) is 7.39. The van der Waals surface area contributed by atoms with Gasteiger partial charge in [-0.3, -0.25) is 4.40 Å². The van der Waals surface area contributed by atoms with Gasteiger partial charge in [-0.05, 0) is 17.7 Å². The Balaban J connectivity index is 1.86. The van der Waals surface area contributed by atoms with Crippen LogP contribution in [0.25, 0.3) is 26.7 Å². The summed E-state index contributed by atoms with van der Waals surface area (Å²) in [6.45, 7) is 0.391. The number of rotatable bonds is 3. The quantitative estimate of drug-likeness (QED) is 0.515. The Morgan fingerprint density at radius 2 is 1.79 bits per heavy atom. The molecule has 0 spiro atoms. The van der Waals surface area contributed by atoms with Crippen molar-refractivity contribution in [2.45, 2.75) is 6.54 Å². The third-order valence-corrected chi connectivity index (χ3v) is 5.64. The molecule has 0 saturated carbocycles. The molecule has 0 bridgehead atoms. The molecule has 0 atom stereocenters. The molecule has 0 radical (unpaired) electrons. The number of hydrogen-bond donors (Lipinski definition) is 1. The van der Waals surface area contributed by atoms with Crippen molar-refractivity contribution in [3.05, 3.63) is 70.5 Å². The molecule has 4 aromatic rings. The summed E-state index contributed by atoms with van der Waals surface area (Å²) in [5, 5.41) is 1.04. The van der Waals surface area contributed by atoms with E-state index in [0.717, 1.165) is 26.8 Å². The first kappa shape index (κ1) is 15.7. The Morgan fingerprint density at radius 1 is 1.00 bits per heavy atom. The standard InChI is InChI=1S/C18H13Cl2N3S/c19-13-7-6-12(8-14(13)20)17-15(9-21)23-10-16(24-18(23)22-17)11-4-2-1-3-5-11/h1-8,10H,9,21H2. The van der Waals surface area contributed by atoms with Gasteiger partial charge in [-0.25, -0.2) is 4.98 Å². The van der Waals surface area contributed by atoms with Crippen LogP contribution in [0.1, 0.15) is 5.69 Å². The summed E-state index contributed by atoms with van der Waals surface area (Å²) in [4.78, 5) is 6.84. The van der Waals surface area contributed by atoms with Crippen molar-refractivity contribution in [3.8, 4) is 21.7 Å². The van der Waals surface area contributed by atoms with Gasteiger partial charge in [-0.2, -0.15) is 0 Å². The van der Waals surface area contributed by atoms with Gasteiger partial charge in [-0.1, -0.05) is 70.9 Å². The molecule has 0 fully saturated rings. The third kappa shape index (κ3) is 2.62. The fraction of sp³-hybridized carbons (Fsp3) is 0.0556. The zero-order valence-corrected chi connectivity index (χ0v) is 14.9. The average Bonchev–Trinajstić information content (AvgIpc) is 3.15. The smallest absolute Gasteiger partial charge is 0.195 e. The van der Waals surface area contributed by atoms with Crippen LogP contribution < -0.4 is 5.73 Å². The van der Waals surface area contributed by atoms with Gasteiger partial charge in [0.15, 0.2) is 4.96 Å². The summed E-state index contributed by atoms with van der Waals surface area (Å²) in [7, 11) is 0. The molecule has 2 heterocycles. The fourth-order valence-corrected chi connectivity index (χ4v) is 4.00. The van der Waals surface area contributed by atoms with Crippen LogP contribution >= 0.6 is 34.5 Å². The molecule has 120 valence electrons. The minimum atomic E-state index is 0.391. The van der Waals surface area contributed by atoms with Crippen molar-refractivity contribution < 1.29 is 0 Å². The Labute approximate surface area is 153 Å². The van der Waals surface area contributed by atoms with Crippen molar-refractivity contribution in [1.29, 1.82) is 0 Å². The zero-order chi connectivity index (χ0) is 16.7. The number of nitrogens with zero attached hydrogens (tertiary/aromatic N) is 2. The minimum absolute atomic E-state index is 0.391. The number of imidazole rings is 1. The molecule has 2 N–H and O–H groups in total. The predicted molar refractivity (Wildman–Crippen MR) is 102 cm³/mol. The molecule has 2 aromatic carbocycles. The van der Waals surface area contributed by atoms with Gasteiger partial charge in [0.25, 0.3) is 0 Å². The number of hydrogen-bond acceptors (Lipinski definition) is 3. The Bertz CT molecular complexity index is 1020. The highest BCUT2D eigenvalue weighted by Gasteiger charge is 2.16. The third-order valence-electron chi connectivity index (χ3n) is 3.87. The van der Waals surface area contributed by atoms with E-state index in [1.54, 1.807) is 17.4 Å². The number of halogens is 2. The van der Waals surface area contributed by atoms with E-state index in [2.05, 4.69) is 22.7 Å². The van der Waals surface area contributed by atoms with E-state index in [1.165, 1.54) is 5.56 Å². The molecule has 0 saturated heterocycles. The van der Waals surface area contributed by atoms with E-state index in [0.29, 0.717) is 16.6 Å². The molecule has 6 heteroatoms. The Morgan fingerprint density at radius 3 is 2.50 bits per heavy atom. The minimum Gasteiger partial charge on any atom is -0.325 e. The number of aromatic nitrogens is 2. The molecule has 3 nitrogen and oxygen atoms in total. The van der Waals surface area contributed by atoms with Gasteiger partial charge in [0, 0.05) is 18.3 Å². The van der Waals surface area contributed by atoms with E-state index in [9.17, 15) is 0 Å². The second-order valence-electron chi connectivity index (χ2n) is 5.35. The number of nitrogens with two attached hydrogens (primary N) is 1. The summed E-state index contributed by atoms with van der Waals surface area (Å²) in [6.07, 6.45) is 2.09. The number of thiazole rings is 1. The van der Waals surface area contributed by atoms with Crippen LogP contribution in [0.5, 0.6) is 0 Å². The van der Waals surface area contributed by atoms with Crippen molar-refractivity contribution in [2.75, 3.05) is 0 Å². The van der Waals surface area contributed by atoms with Crippen LogP contribution in [0.2, 0.25) is 10.0 Å². The number of fused-ring (bicyclic) bond motifs is 1. The molecule has 2 aromatic heterocycles. The maximum absolute atomic E-state index is 6.14. The van der Waals surface area contributed by atoms with Crippen LogP contribution in [0.15, 0.2) is 54.7 Å². The SMILES string of the molecule is NCc1c(-c2ccc(Cl)c(Cl)c2)nc2sc(-c3ccccc3)cn12. The van der Waals surface area contributed by atoms with E-state index in [-0.39, 0.29) is 0 Å². The van der Waals surface area contributed by atoms with Crippen LogP contribution in [-0.4, -0.2) is 9.38 Å². The van der Waals surface area contributed by atoms with Crippen LogP contribution in [0.4, 0.5) is 0 Å². The van der Waals surface area contributed by atoms with E-state index in [1.807, 2.05) is 30.3 Å². The highest BCUT2D eigenvalue weighted by atomic mass is 35.5. The number of benzene rings is 2. The summed E-state index contributed by atoms with van der Waals surface area (Å²) in [5.74, 6) is 0. The Kier molecular flexibility index (Phi) is 4.06. The van der Waals surface area contributed by atoms with E-state index >= 15 is 0 Å². The maximum Gasteiger partial charge on any atom is 0.195 e.